The second-order valence-corrected chi connectivity index (χ2v) is 5.47. The molecule has 3 atom stereocenters. The van der Waals surface area contributed by atoms with Gasteiger partial charge in [0.25, 0.3) is 0 Å². The number of nitrogens with one attached hydrogen (secondary N) is 1. The molecule has 2 N–H and O–H groups in total. The molecule has 1 rings (SSSR count). The van der Waals surface area contributed by atoms with Crippen LogP contribution in [0.2, 0.25) is 0 Å². The lowest BCUT2D eigenvalue weighted by Gasteiger charge is -2.07. The molecule has 0 aromatic heterocycles. The smallest absolute Gasteiger partial charge is 0.0552 e. The number of rotatable bonds is 1. The molecule has 0 saturated heterocycles. The Morgan fingerprint density at radius 1 is 1.60 bits per heavy atom. The standard InChI is InChI=1S/C6H13NO2S/c1-10(7,9)6-3-2-5(8)4-6/h5-8H,2-4H2,1H3/t5-,6+,10?/m1/s1. The zero-order chi connectivity index (χ0) is 7.78. The van der Waals surface area contributed by atoms with Crippen molar-refractivity contribution in [1.29, 1.82) is 4.78 Å². The highest BCUT2D eigenvalue weighted by Gasteiger charge is 2.27. The highest BCUT2D eigenvalue weighted by Crippen LogP contribution is 2.24. The highest BCUT2D eigenvalue weighted by atomic mass is 32.2. The lowest BCUT2D eigenvalue weighted by molar-refractivity contribution is 0.183. The summed E-state index contributed by atoms with van der Waals surface area (Å²) in [5.41, 5.74) is 0. The second kappa shape index (κ2) is 2.51. The summed E-state index contributed by atoms with van der Waals surface area (Å²) in [6, 6.07) is 0. The van der Waals surface area contributed by atoms with E-state index in [0.29, 0.717) is 12.8 Å². The van der Waals surface area contributed by atoms with Crippen LogP contribution >= 0.6 is 0 Å². The maximum absolute atomic E-state index is 11.1. The minimum atomic E-state index is -2.40. The molecule has 1 fully saturated rings. The molecule has 4 heteroatoms. The topological polar surface area (TPSA) is 61.2 Å². The molecular formula is C6H13NO2S. The van der Waals surface area contributed by atoms with Crippen molar-refractivity contribution in [3.8, 4) is 0 Å². The fraction of sp³-hybridized carbons (Fsp3) is 1.00. The summed E-state index contributed by atoms with van der Waals surface area (Å²) in [6.07, 6.45) is 3.17. The van der Waals surface area contributed by atoms with Gasteiger partial charge in [0, 0.05) is 21.2 Å². The number of hydrogen-bond acceptors (Lipinski definition) is 3. The largest absolute Gasteiger partial charge is 0.393 e. The van der Waals surface area contributed by atoms with Crippen molar-refractivity contribution in [3.05, 3.63) is 0 Å². The molecule has 0 amide bonds. The summed E-state index contributed by atoms with van der Waals surface area (Å²) in [5.74, 6) is 0. The normalized spacial score (nSPS) is 39.4. The monoisotopic (exact) mass is 163 g/mol. The summed E-state index contributed by atoms with van der Waals surface area (Å²) in [5, 5.41) is 8.99. The third kappa shape index (κ3) is 1.70. The summed E-state index contributed by atoms with van der Waals surface area (Å²) >= 11 is 0. The van der Waals surface area contributed by atoms with Gasteiger partial charge in [-0.05, 0) is 19.3 Å². The van der Waals surface area contributed by atoms with Crippen LogP contribution < -0.4 is 0 Å². The molecule has 10 heavy (non-hydrogen) atoms. The molecule has 3 nitrogen and oxygen atoms in total. The van der Waals surface area contributed by atoms with E-state index in [4.69, 9.17) is 9.89 Å². The molecule has 0 aliphatic heterocycles. The number of aliphatic hydroxyl groups is 1. The predicted octanol–water partition coefficient (Wildman–Crippen LogP) is 0.576. The van der Waals surface area contributed by atoms with E-state index in [1.54, 1.807) is 0 Å². The van der Waals surface area contributed by atoms with Gasteiger partial charge in [-0.3, -0.25) is 4.78 Å². The van der Waals surface area contributed by atoms with E-state index in [-0.39, 0.29) is 11.4 Å². The van der Waals surface area contributed by atoms with E-state index >= 15 is 0 Å². The van der Waals surface area contributed by atoms with E-state index in [0.717, 1.165) is 6.42 Å². The zero-order valence-corrected chi connectivity index (χ0v) is 6.86. The van der Waals surface area contributed by atoms with Gasteiger partial charge in [0.05, 0.1) is 6.10 Å². The molecule has 0 bridgehead atoms. The highest BCUT2D eigenvalue weighted by molar-refractivity contribution is 7.92. The van der Waals surface area contributed by atoms with E-state index in [2.05, 4.69) is 0 Å². The van der Waals surface area contributed by atoms with E-state index in [1.165, 1.54) is 6.26 Å². The minimum absolute atomic E-state index is 0.0671. The van der Waals surface area contributed by atoms with Crippen molar-refractivity contribution in [2.75, 3.05) is 6.26 Å². The van der Waals surface area contributed by atoms with Crippen molar-refractivity contribution in [3.63, 3.8) is 0 Å². The van der Waals surface area contributed by atoms with Crippen molar-refractivity contribution < 1.29 is 9.32 Å². The Labute approximate surface area is 61.4 Å². The van der Waals surface area contributed by atoms with Crippen molar-refractivity contribution in [2.24, 2.45) is 0 Å². The van der Waals surface area contributed by atoms with Crippen LogP contribution in [0.15, 0.2) is 0 Å². The Morgan fingerprint density at radius 3 is 2.40 bits per heavy atom. The summed E-state index contributed by atoms with van der Waals surface area (Å²) in [4.78, 5) is 0. The first-order valence-electron chi connectivity index (χ1n) is 3.41. The predicted molar refractivity (Wildman–Crippen MR) is 40.4 cm³/mol. The van der Waals surface area contributed by atoms with Crippen LogP contribution in [0.3, 0.4) is 0 Å². The molecule has 1 saturated carbocycles. The van der Waals surface area contributed by atoms with Gasteiger partial charge >= 0.3 is 0 Å². The lowest BCUT2D eigenvalue weighted by atomic mass is 10.3. The van der Waals surface area contributed by atoms with E-state index in [9.17, 15) is 4.21 Å². The molecule has 1 aliphatic rings. The first-order valence-corrected chi connectivity index (χ1v) is 5.44. The van der Waals surface area contributed by atoms with Gasteiger partial charge in [-0.2, -0.15) is 0 Å². The Hall–Kier alpha value is -0.0900. The van der Waals surface area contributed by atoms with Crippen LogP contribution in [0.25, 0.3) is 0 Å². The minimum Gasteiger partial charge on any atom is -0.393 e. The van der Waals surface area contributed by atoms with Gasteiger partial charge in [-0.25, -0.2) is 4.21 Å². The lowest BCUT2D eigenvalue weighted by Crippen LogP contribution is -2.15. The SMILES string of the molecule is CS(=N)(=O)[C@H]1CC[C@@H](O)C1. The molecule has 1 unspecified atom stereocenters. The van der Waals surface area contributed by atoms with Crippen molar-refractivity contribution in [1.82, 2.24) is 0 Å². The van der Waals surface area contributed by atoms with Crippen LogP contribution in [0.1, 0.15) is 19.3 Å². The van der Waals surface area contributed by atoms with Gasteiger partial charge in [0.15, 0.2) is 0 Å². The fourth-order valence-electron chi connectivity index (χ4n) is 1.33. The number of aliphatic hydroxyl groups excluding tert-OH is 1. The molecule has 0 radical (unpaired) electrons. The van der Waals surface area contributed by atoms with Crippen LogP contribution in [0, 0.1) is 4.78 Å². The van der Waals surface area contributed by atoms with Crippen LogP contribution in [0.4, 0.5) is 0 Å². The Bertz CT molecular complexity index is 210. The quantitative estimate of drug-likeness (QED) is 0.594. The first-order chi connectivity index (χ1) is 4.50. The summed E-state index contributed by atoms with van der Waals surface area (Å²) < 4.78 is 18.3. The van der Waals surface area contributed by atoms with Gasteiger partial charge in [-0.1, -0.05) is 0 Å². The average molecular weight is 163 g/mol. The van der Waals surface area contributed by atoms with Crippen LogP contribution in [-0.2, 0) is 9.73 Å². The maximum atomic E-state index is 11.1. The average Bonchev–Trinajstić information content (AvgIpc) is 2.11. The van der Waals surface area contributed by atoms with Gasteiger partial charge in [0.1, 0.15) is 0 Å². The number of hydrogen-bond donors (Lipinski definition) is 2. The Balaban J connectivity index is 2.62. The van der Waals surface area contributed by atoms with Crippen molar-refractivity contribution >= 4 is 9.73 Å². The van der Waals surface area contributed by atoms with Crippen molar-refractivity contribution in [2.45, 2.75) is 30.6 Å². The Kier molecular flexibility index (Phi) is 2.01. The van der Waals surface area contributed by atoms with Gasteiger partial charge < -0.3 is 5.11 Å². The maximum Gasteiger partial charge on any atom is 0.0552 e. The molecule has 1 aliphatic carbocycles. The zero-order valence-electron chi connectivity index (χ0n) is 6.04. The van der Waals surface area contributed by atoms with E-state index in [1.807, 2.05) is 0 Å². The second-order valence-electron chi connectivity index (χ2n) is 2.99. The summed E-state index contributed by atoms with van der Waals surface area (Å²) in [6.45, 7) is 0. The molecular weight excluding hydrogens is 150 g/mol. The van der Waals surface area contributed by atoms with Gasteiger partial charge in [-0.15, -0.1) is 0 Å². The molecule has 0 aromatic rings. The van der Waals surface area contributed by atoms with E-state index < -0.39 is 9.73 Å². The molecule has 60 valence electrons. The Morgan fingerprint density at radius 2 is 2.20 bits per heavy atom. The van der Waals surface area contributed by atoms with Crippen LogP contribution in [0.5, 0.6) is 0 Å². The molecule has 0 aromatic carbocycles. The summed E-state index contributed by atoms with van der Waals surface area (Å²) in [7, 11) is -2.40. The van der Waals surface area contributed by atoms with Gasteiger partial charge in [0.2, 0.25) is 0 Å². The third-order valence-electron chi connectivity index (χ3n) is 1.99. The molecule has 0 spiro atoms. The van der Waals surface area contributed by atoms with Crippen LogP contribution in [-0.4, -0.2) is 26.9 Å². The fourth-order valence-corrected chi connectivity index (χ4v) is 2.50. The first kappa shape index (κ1) is 8.01. The molecule has 0 heterocycles. The third-order valence-corrected chi connectivity index (χ3v) is 3.69.